The third kappa shape index (κ3) is 3.79. The molecule has 2 heterocycles. The zero-order chi connectivity index (χ0) is 22.8. The molecule has 0 radical (unpaired) electrons. The Morgan fingerprint density at radius 1 is 0.906 bits per heavy atom. The molecule has 0 aliphatic carbocycles. The molecule has 2 aromatic carbocycles. The number of halogens is 1. The molecular formula is C25H25ClN2O4. The van der Waals surface area contributed by atoms with E-state index in [-0.39, 0.29) is 23.9 Å². The number of ether oxygens (including phenoxy) is 1. The fourth-order valence-corrected chi connectivity index (χ4v) is 4.24. The largest absolute Gasteiger partial charge is 0.491 e. The molecule has 0 spiro atoms. The summed E-state index contributed by atoms with van der Waals surface area (Å²) in [5, 5.41) is 1.58. The lowest BCUT2D eigenvalue weighted by molar-refractivity contribution is 0.0637. The summed E-state index contributed by atoms with van der Waals surface area (Å²) >= 11 is 6.25. The van der Waals surface area contributed by atoms with Gasteiger partial charge in [0.2, 0.25) is 0 Å². The van der Waals surface area contributed by atoms with Gasteiger partial charge in [0.25, 0.3) is 17.4 Å². The maximum absolute atomic E-state index is 13.4. The van der Waals surface area contributed by atoms with Gasteiger partial charge in [0.05, 0.1) is 35.4 Å². The van der Waals surface area contributed by atoms with Crippen LogP contribution in [0, 0.1) is 0 Å². The van der Waals surface area contributed by atoms with Crippen LogP contribution in [0.5, 0.6) is 5.75 Å². The highest BCUT2D eigenvalue weighted by atomic mass is 35.5. The SMILES string of the molecule is CCCCOc1c(CN2C(=O)c3ccccc3C2=O)n(CCC)c(=O)c2ccc(Cl)cc12. The van der Waals surface area contributed by atoms with Crippen molar-refractivity contribution in [2.75, 3.05) is 6.61 Å². The normalized spacial score (nSPS) is 13.2. The molecule has 0 fully saturated rings. The molecule has 4 rings (SSSR count). The van der Waals surface area contributed by atoms with Gasteiger partial charge in [0.1, 0.15) is 5.75 Å². The Kier molecular flexibility index (Phi) is 6.33. The second-order valence-electron chi connectivity index (χ2n) is 7.87. The van der Waals surface area contributed by atoms with Crippen LogP contribution in [-0.2, 0) is 13.1 Å². The molecule has 1 aliphatic rings. The number of rotatable bonds is 8. The Labute approximate surface area is 191 Å². The van der Waals surface area contributed by atoms with E-state index in [1.165, 1.54) is 4.90 Å². The number of amides is 2. The van der Waals surface area contributed by atoms with Gasteiger partial charge in [-0.25, -0.2) is 0 Å². The fraction of sp³-hybridized carbons (Fsp3) is 0.320. The van der Waals surface area contributed by atoms with Crippen molar-refractivity contribution >= 4 is 34.2 Å². The topological polar surface area (TPSA) is 68.6 Å². The first-order valence-corrected chi connectivity index (χ1v) is 11.3. The number of carbonyl (C=O) groups is 2. The molecule has 7 heteroatoms. The number of hydrogen-bond acceptors (Lipinski definition) is 4. The first-order chi connectivity index (χ1) is 15.5. The van der Waals surface area contributed by atoms with Crippen molar-refractivity contribution in [1.82, 2.24) is 9.47 Å². The summed E-state index contributed by atoms with van der Waals surface area (Å²) in [5.74, 6) is -0.237. The summed E-state index contributed by atoms with van der Waals surface area (Å²) in [4.78, 5) is 40.6. The van der Waals surface area contributed by atoms with Crippen molar-refractivity contribution in [1.29, 1.82) is 0 Å². The molecule has 2 amide bonds. The monoisotopic (exact) mass is 452 g/mol. The molecule has 0 unspecified atom stereocenters. The van der Waals surface area contributed by atoms with Crippen LogP contribution in [0.2, 0.25) is 5.02 Å². The lowest BCUT2D eigenvalue weighted by Crippen LogP contribution is -2.34. The molecule has 1 aromatic heterocycles. The number of carbonyl (C=O) groups excluding carboxylic acids is 2. The third-order valence-electron chi connectivity index (χ3n) is 5.67. The Balaban J connectivity index is 1.89. The molecule has 1 aliphatic heterocycles. The lowest BCUT2D eigenvalue weighted by atomic mass is 10.1. The molecular weight excluding hydrogens is 428 g/mol. The van der Waals surface area contributed by atoms with E-state index in [0.717, 1.165) is 12.8 Å². The van der Waals surface area contributed by atoms with Gasteiger partial charge >= 0.3 is 0 Å². The highest BCUT2D eigenvalue weighted by Gasteiger charge is 2.36. The van der Waals surface area contributed by atoms with Crippen molar-refractivity contribution in [2.24, 2.45) is 0 Å². The van der Waals surface area contributed by atoms with E-state index in [1.807, 2.05) is 6.92 Å². The van der Waals surface area contributed by atoms with Crippen LogP contribution in [0.3, 0.4) is 0 Å². The highest BCUT2D eigenvalue weighted by Crippen LogP contribution is 2.33. The minimum Gasteiger partial charge on any atom is -0.491 e. The number of fused-ring (bicyclic) bond motifs is 2. The number of pyridine rings is 1. The second kappa shape index (κ2) is 9.17. The van der Waals surface area contributed by atoms with Crippen molar-refractivity contribution < 1.29 is 14.3 Å². The molecule has 3 aromatic rings. The van der Waals surface area contributed by atoms with Gasteiger partial charge in [0.15, 0.2) is 0 Å². The highest BCUT2D eigenvalue weighted by molar-refractivity contribution is 6.31. The Hall–Kier alpha value is -3.12. The van der Waals surface area contributed by atoms with Gasteiger partial charge in [-0.05, 0) is 43.2 Å². The average Bonchev–Trinajstić information content (AvgIpc) is 3.03. The molecule has 6 nitrogen and oxygen atoms in total. The van der Waals surface area contributed by atoms with E-state index in [9.17, 15) is 14.4 Å². The van der Waals surface area contributed by atoms with E-state index in [4.69, 9.17) is 16.3 Å². The van der Waals surface area contributed by atoms with Crippen LogP contribution in [0.4, 0.5) is 0 Å². The van der Waals surface area contributed by atoms with Crippen molar-refractivity contribution in [3.05, 3.63) is 74.7 Å². The van der Waals surface area contributed by atoms with Crippen LogP contribution in [0.15, 0.2) is 47.3 Å². The number of hydrogen-bond donors (Lipinski definition) is 0. The zero-order valence-corrected chi connectivity index (χ0v) is 18.9. The van der Waals surface area contributed by atoms with Crippen LogP contribution in [0.1, 0.15) is 59.5 Å². The third-order valence-corrected chi connectivity index (χ3v) is 5.90. The van der Waals surface area contributed by atoms with E-state index < -0.39 is 0 Å². The fourth-order valence-electron chi connectivity index (χ4n) is 4.07. The van der Waals surface area contributed by atoms with Crippen LogP contribution < -0.4 is 10.3 Å². The van der Waals surface area contributed by atoms with Crippen molar-refractivity contribution in [3.8, 4) is 5.75 Å². The molecule has 0 bridgehead atoms. The lowest BCUT2D eigenvalue weighted by Gasteiger charge is -2.23. The summed E-state index contributed by atoms with van der Waals surface area (Å²) < 4.78 is 7.80. The number of aromatic nitrogens is 1. The van der Waals surface area contributed by atoms with Gasteiger partial charge in [-0.15, -0.1) is 0 Å². The average molecular weight is 453 g/mol. The Morgan fingerprint density at radius 2 is 1.59 bits per heavy atom. The number of unbranched alkanes of at least 4 members (excludes halogenated alkanes) is 1. The van der Waals surface area contributed by atoms with Crippen molar-refractivity contribution in [2.45, 2.75) is 46.2 Å². The minimum atomic E-state index is -0.369. The number of nitrogens with zero attached hydrogens (tertiary/aromatic N) is 2. The first kappa shape index (κ1) is 22.1. The maximum atomic E-state index is 13.4. The Bertz CT molecular complexity index is 1230. The van der Waals surface area contributed by atoms with Gasteiger partial charge in [-0.3, -0.25) is 19.3 Å². The predicted molar refractivity (Wildman–Crippen MR) is 125 cm³/mol. The predicted octanol–water partition coefficient (Wildman–Crippen LogP) is 5.04. The van der Waals surface area contributed by atoms with E-state index in [2.05, 4.69) is 6.92 Å². The summed E-state index contributed by atoms with van der Waals surface area (Å²) in [6.45, 7) is 4.89. The second-order valence-corrected chi connectivity index (χ2v) is 8.30. The summed E-state index contributed by atoms with van der Waals surface area (Å²) in [5.41, 5.74) is 1.07. The van der Waals surface area contributed by atoms with E-state index >= 15 is 0 Å². The van der Waals surface area contributed by atoms with Crippen LogP contribution >= 0.6 is 11.6 Å². The molecule has 0 saturated carbocycles. The molecule has 0 atom stereocenters. The van der Waals surface area contributed by atoms with E-state index in [0.29, 0.717) is 57.9 Å². The molecule has 166 valence electrons. The van der Waals surface area contributed by atoms with Crippen LogP contribution in [-0.4, -0.2) is 27.9 Å². The number of benzene rings is 2. The molecule has 0 saturated heterocycles. The number of imide groups is 1. The van der Waals surface area contributed by atoms with Gasteiger partial charge in [-0.1, -0.05) is 44.0 Å². The van der Waals surface area contributed by atoms with Gasteiger partial charge < -0.3 is 9.30 Å². The maximum Gasteiger partial charge on any atom is 0.261 e. The summed E-state index contributed by atoms with van der Waals surface area (Å²) in [7, 11) is 0. The van der Waals surface area contributed by atoms with Crippen molar-refractivity contribution in [3.63, 3.8) is 0 Å². The quantitative estimate of drug-likeness (QED) is 0.354. The zero-order valence-electron chi connectivity index (χ0n) is 18.2. The molecule has 0 N–H and O–H groups in total. The summed E-state index contributed by atoms with van der Waals surface area (Å²) in [6, 6.07) is 11.9. The summed E-state index contributed by atoms with van der Waals surface area (Å²) in [6.07, 6.45) is 2.49. The standard InChI is InChI=1S/C25H25ClN2O4/c1-3-5-13-32-22-20-14-16(26)10-11-19(20)23(29)27(12-4-2)21(22)15-28-24(30)17-8-6-7-9-18(17)25(28)31/h6-11,14H,3-5,12-13,15H2,1-2H3. The van der Waals surface area contributed by atoms with E-state index in [1.54, 1.807) is 47.0 Å². The first-order valence-electron chi connectivity index (χ1n) is 10.9. The van der Waals surface area contributed by atoms with Gasteiger partial charge in [-0.2, -0.15) is 0 Å². The smallest absolute Gasteiger partial charge is 0.261 e. The van der Waals surface area contributed by atoms with Crippen LogP contribution in [0.25, 0.3) is 10.8 Å². The molecule has 32 heavy (non-hydrogen) atoms. The minimum absolute atomic E-state index is 0.0501. The van der Waals surface area contributed by atoms with Gasteiger partial charge in [0, 0.05) is 17.0 Å². The Morgan fingerprint density at radius 3 is 2.22 bits per heavy atom.